The van der Waals surface area contributed by atoms with E-state index in [0.717, 1.165) is 28.4 Å². The van der Waals surface area contributed by atoms with Crippen molar-refractivity contribution >= 4 is 39.4 Å². The Hall–Kier alpha value is -3.67. The van der Waals surface area contributed by atoms with Crippen LogP contribution in [-0.2, 0) is 16.1 Å². The van der Waals surface area contributed by atoms with E-state index in [1.165, 1.54) is 24.5 Å². The summed E-state index contributed by atoms with van der Waals surface area (Å²) in [6.45, 7) is 2.62. The van der Waals surface area contributed by atoms with E-state index in [4.69, 9.17) is 4.74 Å². The zero-order chi connectivity index (χ0) is 19.5. The van der Waals surface area contributed by atoms with Gasteiger partial charge in [-0.2, -0.15) is 0 Å². The number of fused-ring (bicyclic) bond motifs is 3. The predicted octanol–water partition coefficient (Wildman–Crippen LogP) is 4.00. The van der Waals surface area contributed by atoms with E-state index in [2.05, 4.69) is 33.9 Å². The number of rotatable bonds is 5. The van der Waals surface area contributed by atoms with E-state index in [9.17, 15) is 9.59 Å². The molecular formula is C22H19N3O3. The first kappa shape index (κ1) is 17.7. The lowest BCUT2D eigenvalue weighted by Gasteiger charge is -2.07. The number of nitrogens with one attached hydrogen (secondary N) is 1. The van der Waals surface area contributed by atoms with Crippen molar-refractivity contribution in [3.8, 4) is 0 Å². The Morgan fingerprint density at radius 1 is 1.00 bits per heavy atom. The molecule has 0 fully saturated rings. The second kappa shape index (κ2) is 7.52. The monoisotopic (exact) mass is 373 g/mol. The average Bonchev–Trinajstić information content (AvgIpc) is 3.05. The summed E-state index contributed by atoms with van der Waals surface area (Å²) in [5.74, 6) is -0.944. The Balaban J connectivity index is 1.51. The van der Waals surface area contributed by atoms with Crippen molar-refractivity contribution in [3.63, 3.8) is 0 Å². The first-order chi connectivity index (χ1) is 13.7. The number of carbonyl (C=O) groups is 2. The fraction of sp³-hybridized carbons (Fsp3) is 0.136. The SMILES string of the molecule is CCn1c2ccccc2c2cc(NC(=O)COC(=O)c3ccncc3)ccc21. The van der Waals surface area contributed by atoms with Crippen LogP contribution in [0.4, 0.5) is 5.69 Å². The number of para-hydroxylation sites is 1. The van der Waals surface area contributed by atoms with Gasteiger partial charge in [-0.25, -0.2) is 4.79 Å². The molecule has 1 amide bonds. The molecule has 0 aliphatic heterocycles. The van der Waals surface area contributed by atoms with Crippen molar-refractivity contribution in [2.24, 2.45) is 0 Å². The van der Waals surface area contributed by atoms with Gasteiger partial charge in [0.15, 0.2) is 6.61 Å². The van der Waals surface area contributed by atoms with Crippen LogP contribution in [-0.4, -0.2) is 28.0 Å². The van der Waals surface area contributed by atoms with Gasteiger partial charge in [0.2, 0.25) is 0 Å². The number of pyridine rings is 1. The molecule has 0 spiro atoms. The van der Waals surface area contributed by atoms with E-state index in [-0.39, 0.29) is 12.5 Å². The summed E-state index contributed by atoms with van der Waals surface area (Å²) in [6.07, 6.45) is 3.00. The highest BCUT2D eigenvalue weighted by molar-refractivity contribution is 6.10. The highest BCUT2D eigenvalue weighted by Gasteiger charge is 2.12. The first-order valence-electron chi connectivity index (χ1n) is 9.05. The molecule has 0 atom stereocenters. The van der Waals surface area contributed by atoms with Gasteiger partial charge in [-0.1, -0.05) is 18.2 Å². The third-order valence-electron chi connectivity index (χ3n) is 4.62. The molecular weight excluding hydrogens is 354 g/mol. The number of ether oxygens (including phenoxy) is 1. The fourth-order valence-corrected chi connectivity index (χ4v) is 3.37. The van der Waals surface area contributed by atoms with Crippen LogP contribution in [0.1, 0.15) is 17.3 Å². The van der Waals surface area contributed by atoms with Crippen molar-refractivity contribution < 1.29 is 14.3 Å². The van der Waals surface area contributed by atoms with Crippen LogP contribution in [0.5, 0.6) is 0 Å². The number of amides is 1. The minimum atomic E-state index is -0.556. The van der Waals surface area contributed by atoms with Gasteiger partial charge < -0.3 is 14.6 Å². The number of benzene rings is 2. The maximum Gasteiger partial charge on any atom is 0.338 e. The second-order valence-electron chi connectivity index (χ2n) is 6.35. The molecule has 6 nitrogen and oxygen atoms in total. The summed E-state index contributed by atoms with van der Waals surface area (Å²) in [5, 5.41) is 5.01. The Labute approximate surface area is 161 Å². The molecule has 2 aromatic heterocycles. The lowest BCUT2D eigenvalue weighted by molar-refractivity contribution is -0.119. The van der Waals surface area contributed by atoms with Crippen molar-refractivity contribution in [3.05, 3.63) is 72.6 Å². The topological polar surface area (TPSA) is 73.2 Å². The number of esters is 1. The van der Waals surface area contributed by atoms with E-state index in [0.29, 0.717) is 11.3 Å². The molecule has 6 heteroatoms. The van der Waals surface area contributed by atoms with Gasteiger partial charge in [0.1, 0.15) is 0 Å². The molecule has 28 heavy (non-hydrogen) atoms. The van der Waals surface area contributed by atoms with Gasteiger partial charge >= 0.3 is 5.97 Å². The summed E-state index contributed by atoms with van der Waals surface area (Å²) >= 11 is 0. The van der Waals surface area contributed by atoms with Crippen molar-refractivity contribution in [1.82, 2.24) is 9.55 Å². The lowest BCUT2D eigenvalue weighted by atomic mass is 10.1. The highest BCUT2D eigenvalue weighted by Crippen LogP contribution is 2.30. The molecule has 0 aliphatic carbocycles. The van der Waals surface area contributed by atoms with Crippen molar-refractivity contribution in [2.75, 3.05) is 11.9 Å². The number of carbonyl (C=O) groups excluding carboxylic acids is 2. The standard InChI is InChI=1S/C22H19N3O3/c1-2-25-19-6-4-3-5-17(19)18-13-16(7-8-20(18)25)24-21(26)14-28-22(27)15-9-11-23-12-10-15/h3-13H,2,14H2,1H3,(H,24,26). The van der Waals surface area contributed by atoms with Gasteiger partial charge in [-0.15, -0.1) is 0 Å². The zero-order valence-corrected chi connectivity index (χ0v) is 15.4. The fourth-order valence-electron chi connectivity index (χ4n) is 3.37. The number of hydrogen-bond donors (Lipinski definition) is 1. The van der Waals surface area contributed by atoms with Crippen LogP contribution in [0.3, 0.4) is 0 Å². The van der Waals surface area contributed by atoms with Gasteiger partial charge in [0, 0.05) is 46.4 Å². The number of anilines is 1. The Bertz CT molecular complexity index is 1170. The molecule has 0 saturated heterocycles. The Morgan fingerprint density at radius 3 is 2.54 bits per heavy atom. The molecule has 2 aromatic carbocycles. The zero-order valence-electron chi connectivity index (χ0n) is 15.4. The van der Waals surface area contributed by atoms with E-state index in [1.54, 1.807) is 0 Å². The molecule has 1 N–H and O–H groups in total. The maximum atomic E-state index is 12.2. The largest absolute Gasteiger partial charge is 0.452 e. The third kappa shape index (κ3) is 3.32. The van der Waals surface area contributed by atoms with Crippen LogP contribution >= 0.6 is 0 Å². The average molecular weight is 373 g/mol. The van der Waals surface area contributed by atoms with E-state index in [1.807, 2.05) is 30.3 Å². The van der Waals surface area contributed by atoms with Crippen LogP contribution in [0.25, 0.3) is 21.8 Å². The Kier molecular flexibility index (Phi) is 4.76. The summed E-state index contributed by atoms with van der Waals surface area (Å²) in [7, 11) is 0. The normalized spacial score (nSPS) is 10.9. The van der Waals surface area contributed by atoms with E-state index >= 15 is 0 Å². The molecule has 140 valence electrons. The Morgan fingerprint density at radius 2 is 1.75 bits per heavy atom. The van der Waals surface area contributed by atoms with Gasteiger partial charge in [-0.05, 0) is 43.3 Å². The summed E-state index contributed by atoms with van der Waals surface area (Å²) in [4.78, 5) is 28.0. The predicted molar refractivity (Wildman–Crippen MR) is 108 cm³/mol. The maximum absolute atomic E-state index is 12.2. The summed E-state index contributed by atoms with van der Waals surface area (Å²) in [5.41, 5.74) is 3.30. The molecule has 0 radical (unpaired) electrons. The van der Waals surface area contributed by atoms with Crippen LogP contribution in [0.2, 0.25) is 0 Å². The number of hydrogen-bond acceptors (Lipinski definition) is 4. The quantitative estimate of drug-likeness (QED) is 0.537. The van der Waals surface area contributed by atoms with Crippen LogP contribution in [0, 0.1) is 0 Å². The molecule has 4 aromatic rings. The lowest BCUT2D eigenvalue weighted by Crippen LogP contribution is -2.20. The molecule has 2 heterocycles. The first-order valence-corrected chi connectivity index (χ1v) is 9.05. The van der Waals surface area contributed by atoms with Crippen molar-refractivity contribution in [2.45, 2.75) is 13.5 Å². The van der Waals surface area contributed by atoms with E-state index < -0.39 is 5.97 Å². The van der Waals surface area contributed by atoms with Gasteiger partial charge in [0.05, 0.1) is 5.56 Å². The summed E-state index contributed by atoms with van der Waals surface area (Å²) < 4.78 is 7.30. The third-order valence-corrected chi connectivity index (χ3v) is 4.62. The smallest absolute Gasteiger partial charge is 0.338 e. The number of aryl methyl sites for hydroxylation is 1. The number of aromatic nitrogens is 2. The van der Waals surface area contributed by atoms with Crippen LogP contribution in [0.15, 0.2) is 67.0 Å². The minimum absolute atomic E-state index is 0.351. The number of nitrogens with zero attached hydrogens (tertiary/aromatic N) is 2. The molecule has 4 rings (SSSR count). The highest BCUT2D eigenvalue weighted by atomic mass is 16.5. The van der Waals surface area contributed by atoms with Gasteiger partial charge in [0.25, 0.3) is 5.91 Å². The summed E-state index contributed by atoms with van der Waals surface area (Å²) in [6, 6.07) is 17.1. The molecule has 0 bridgehead atoms. The second-order valence-corrected chi connectivity index (χ2v) is 6.35. The van der Waals surface area contributed by atoms with Crippen molar-refractivity contribution in [1.29, 1.82) is 0 Å². The van der Waals surface area contributed by atoms with Crippen LogP contribution < -0.4 is 5.32 Å². The molecule has 0 aliphatic rings. The minimum Gasteiger partial charge on any atom is -0.452 e. The molecule has 0 saturated carbocycles. The van der Waals surface area contributed by atoms with Gasteiger partial charge in [-0.3, -0.25) is 9.78 Å². The molecule has 0 unspecified atom stereocenters.